The maximum absolute atomic E-state index is 12.7. The van der Waals surface area contributed by atoms with Gasteiger partial charge < -0.3 is 9.88 Å². The molecule has 1 atom stereocenters. The number of hydrogen-bond acceptors (Lipinski definition) is 4. The minimum absolute atomic E-state index is 0.140. The van der Waals surface area contributed by atoms with E-state index >= 15 is 0 Å². The van der Waals surface area contributed by atoms with Gasteiger partial charge in [-0.1, -0.05) is 54.2 Å². The molecule has 6 heteroatoms. The molecular weight excluding hydrogens is 368 g/mol. The quantitative estimate of drug-likeness (QED) is 0.611. The van der Waals surface area contributed by atoms with Gasteiger partial charge in [-0.05, 0) is 37.5 Å². The van der Waals surface area contributed by atoms with Crippen molar-refractivity contribution in [2.24, 2.45) is 0 Å². The van der Waals surface area contributed by atoms with Gasteiger partial charge in [0.1, 0.15) is 6.07 Å². The van der Waals surface area contributed by atoms with Crippen LogP contribution in [0.15, 0.2) is 66.0 Å². The van der Waals surface area contributed by atoms with Gasteiger partial charge in [-0.2, -0.15) is 5.26 Å². The van der Waals surface area contributed by atoms with Crippen molar-refractivity contribution < 1.29 is 4.79 Å². The Morgan fingerprint density at radius 2 is 1.93 bits per heavy atom. The number of nitrogens with zero attached hydrogens (tertiary/aromatic N) is 3. The Morgan fingerprint density at radius 1 is 1.21 bits per heavy atom. The van der Waals surface area contributed by atoms with Crippen LogP contribution in [0.3, 0.4) is 0 Å². The van der Waals surface area contributed by atoms with E-state index in [1.165, 1.54) is 11.8 Å². The standard InChI is InChI=1S/C22H20N4OS/c1-15(21(27)25-19-10-6-5-9-17(19)13-23)28-22-24-14-20(26(22)18-11-12-18)16-7-3-2-4-8-16/h2-10,14-15,18H,11-12H2,1H3,(H,25,27)/t15-/m0/s1. The average molecular weight is 388 g/mol. The number of nitriles is 1. The molecule has 1 heterocycles. The largest absolute Gasteiger partial charge is 0.324 e. The lowest BCUT2D eigenvalue weighted by atomic mass is 10.2. The summed E-state index contributed by atoms with van der Waals surface area (Å²) in [6, 6.07) is 19.8. The Morgan fingerprint density at radius 3 is 2.64 bits per heavy atom. The van der Waals surface area contributed by atoms with E-state index in [0.717, 1.165) is 29.3 Å². The van der Waals surface area contributed by atoms with Crippen molar-refractivity contribution >= 4 is 23.4 Å². The van der Waals surface area contributed by atoms with Gasteiger partial charge in [-0.15, -0.1) is 0 Å². The van der Waals surface area contributed by atoms with Crippen LogP contribution < -0.4 is 5.32 Å². The van der Waals surface area contributed by atoms with Gasteiger partial charge >= 0.3 is 0 Å². The molecule has 1 saturated carbocycles. The Balaban J connectivity index is 1.53. The highest BCUT2D eigenvalue weighted by Crippen LogP contribution is 2.42. The molecule has 3 aromatic rings. The van der Waals surface area contributed by atoms with Gasteiger partial charge in [-0.3, -0.25) is 4.79 Å². The third-order valence-corrected chi connectivity index (χ3v) is 5.78. The highest BCUT2D eigenvalue weighted by Gasteiger charge is 2.30. The van der Waals surface area contributed by atoms with Crippen molar-refractivity contribution in [2.75, 3.05) is 5.32 Å². The number of carbonyl (C=O) groups is 1. The van der Waals surface area contributed by atoms with Crippen molar-refractivity contribution in [1.82, 2.24) is 9.55 Å². The molecule has 1 N–H and O–H groups in total. The smallest absolute Gasteiger partial charge is 0.237 e. The monoisotopic (exact) mass is 388 g/mol. The van der Waals surface area contributed by atoms with Gasteiger partial charge in [0.2, 0.25) is 5.91 Å². The van der Waals surface area contributed by atoms with Crippen LogP contribution in [0, 0.1) is 11.3 Å². The number of para-hydroxylation sites is 1. The van der Waals surface area contributed by atoms with Crippen LogP contribution in [0.1, 0.15) is 31.4 Å². The summed E-state index contributed by atoms with van der Waals surface area (Å²) < 4.78 is 2.26. The van der Waals surface area contributed by atoms with Crippen LogP contribution in [-0.2, 0) is 4.79 Å². The Hall–Kier alpha value is -3.04. The third kappa shape index (κ3) is 3.80. The summed E-state index contributed by atoms with van der Waals surface area (Å²) in [5, 5.41) is 12.6. The maximum atomic E-state index is 12.7. The first-order chi connectivity index (χ1) is 13.7. The second-order valence-electron chi connectivity index (χ2n) is 6.80. The second-order valence-corrected chi connectivity index (χ2v) is 8.11. The van der Waals surface area contributed by atoms with Gasteiger partial charge in [0, 0.05) is 6.04 Å². The van der Waals surface area contributed by atoms with E-state index in [4.69, 9.17) is 0 Å². The fourth-order valence-corrected chi connectivity index (χ4v) is 4.03. The van der Waals surface area contributed by atoms with Gasteiger partial charge in [-0.25, -0.2) is 4.98 Å². The molecule has 0 bridgehead atoms. The summed E-state index contributed by atoms with van der Waals surface area (Å²) in [4.78, 5) is 17.3. The number of rotatable bonds is 6. The van der Waals surface area contributed by atoms with E-state index in [2.05, 4.69) is 33.1 Å². The number of nitrogens with one attached hydrogen (secondary N) is 1. The predicted molar refractivity (Wildman–Crippen MR) is 111 cm³/mol. The molecule has 1 aromatic heterocycles. The summed E-state index contributed by atoms with van der Waals surface area (Å²) in [6.45, 7) is 1.86. The van der Waals surface area contributed by atoms with Crippen molar-refractivity contribution in [2.45, 2.75) is 36.2 Å². The topological polar surface area (TPSA) is 70.7 Å². The van der Waals surface area contributed by atoms with Crippen molar-refractivity contribution in [1.29, 1.82) is 5.26 Å². The Bertz CT molecular complexity index is 1030. The van der Waals surface area contributed by atoms with Crippen LogP contribution in [0.2, 0.25) is 0 Å². The van der Waals surface area contributed by atoms with E-state index in [9.17, 15) is 10.1 Å². The number of imidazole rings is 1. The second kappa shape index (κ2) is 7.91. The molecule has 140 valence electrons. The molecule has 28 heavy (non-hydrogen) atoms. The van der Waals surface area contributed by atoms with Crippen LogP contribution in [0.25, 0.3) is 11.3 Å². The molecule has 0 spiro atoms. The van der Waals surface area contributed by atoms with E-state index in [-0.39, 0.29) is 11.2 Å². The minimum Gasteiger partial charge on any atom is -0.324 e. The molecular formula is C22H20N4OS. The number of anilines is 1. The first-order valence-corrected chi connectivity index (χ1v) is 10.1. The Labute approximate surface area is 168 Å². The molecule has 0 unspecified atom stereocenters. The Kier molecular flexibility index (Phi) is 5.18. The molecule has 1 fully saturated rings. The van der Waals surface area contributed by atoms with Crippen LogP contribution in [0.5, 0.6) is 0 Å². The number of hydrogen-bond donors (Lipinski definition) is 1. The number of aromatic nitrogens is 2. The number of thioether (sulfide) groups is 1. The number of amides is 1. The third-order valence-electron chi connectivity index (χ3n) is 4.70. The lowest BCUT2D eigenvalue weighted by Gasteiger charge is -2.15. The van der Waals surface area contributed by atoms with E-state index < -0.39 is 0 Å². The van der Waals surface area contributed by atoms with E-state index in [1.54, 1.807) is 24.3 Å². The average Bonchev–Trinajstić information content (AvgIpc) is 3.49. The molecule has 4 rings (SSSR count). The molecule has 2 aromatic carbocycles. The van der Waals surface area contributed by atoms with E-state index in [1.807, 2.05) is 31.3 Å². The lowest BCUT2D eigenvalue weighted by Crippen LogP contribution is -2.23. The summed E-state index contributed by atoms with van der Waals surface area (Å²) >= 11 is 1.45. The summed E-state index contributed by atoms with van der Waals surface area (Å²) in [5.41, 5.74) is 3.22. The van der Waals surface area contributed by atoms with Crippen LogP contribution in [0.4, 0.5) is 5.69 Å². The zero-order valence-corrected chi connectivity index (χ0v) is 16.3. The molecule has 5 nitrogen and oxygen atoms in total. The first kappa shape index (κ1) is 18.3. The first-order valence-electron chi connectivity index (χ1n) is 9.26. The summed E-state index contributed by atoms with van der Waals surface area (Å²) in [7, 11) is 0. The molecule has 0 saturated heterocycles. The van der Waals surface area contributed by atoms with Crippen LogP contribution in [-0.4, -0.2) is 20.7 Å². The number of carbonyl (C=O) groups excluding carboxylic acids is 1. The predicted octanol–water partition coefficient (Wildman–Crippen LogP) is 4.88. The summed E-state index contributed by atoms with van der Waals surface area (Å²) in [5.74, 6) is -0.140. The normalized spacial score (nSPS) is 14.3. The minimum atomic E-state index is -0.338. The zero-order valence-electron chi connectivity index (χ0n) is 15.5. The van der Waals surface area contributed by atoms with Gasteiger partial charge in [0.15, 0.2) is 5.16 Å². The highest BCUT2D eigenvalue weighted by atomic mass is 32.2. The SMILES string of the molecule is C[C@H](Sc1ncc(-c2ccccc2)n1C1CC1)C(=O)Nc1ccccc1C#N. The number of benzene rings is 2. The van der Waals surface area contributed by atoms with Crippen molar-refractivity contribution in [3.8, 4) is 17.3 Å². The fourth-order valence-electron chi connectivity index (χ4n) is 3.07. The molecule has 1 aliphatic carbocycles. The molecule has 0 aliphatic heterocycles. The van der Waals surface area contributed by atoms with E-state index in [0.29, 0.717) is 17.3 Å². The highest BCUT2D eigenvalue weighted by molar-refractivity contribution is 8.00. The maximum Gasteiger partial charge on any atom is 0.237 e. The molecule has 1 aliphatic rings. The molecule has 1 amide bonds. The van der Waals surface area contributed by atoms with Crippen LogP contribution >= 0.6 is 11.8 Å². The van der Waals surface area contributed by atoms with Gasteiger partial charge in [0.05, 0.1) is 28.4 Å². The van der Waals surface area contributed by atoms with Gasteiger partial charge in [0.25, 0.3) is 0 Å². The van der Waals surface area contributed by atoms with Crippen molar-refractivity contribution in [3.63, 3.8) is 0 Å². The fraction of sp³-hybridized carbons (Fsp3) is 0.227. The molecule has 0 radical (unpaired) electrons. The zero-order chi connectivity index (χ0) is 19.5. The summed E-state index contributed by atoms with van der Waals surface area (Å²) in [6.07, 6.45) is 4.17. The lowest BCUT2D eigenvalue weighted by molar-refractivity contribution is -0.115. The van der Waals surface area contributed by atoms with Crippen molar-refractivity contribution in [3.05, 3.63) is 66.4 Å².